The second-order valence-corrected chi connectivity index (χ2v) is 7.22. The molecule has 0 saturated carbocycles. The minimum Gasteiger partial charge on any atom is -0.311 e. The van der Waals surface area contributed by atoms with E-state index in [1.54, 1.807) is 4.90 Å². The van der Waals surface area contributed by atoms with Crippen molar-refractivity contribution in [2.75, 3.05) is 31.1 Å². The van der Waals surface area contributed by atoms with E-state index in [4.69, 9.17) is 12.2 Å². The lowest BCUT2D eigenvalue weighted by atomic mass is 10.2. The molecule has 0 unspecified atom stereocenters. The van der Waals surface area contributed by atoms with E-state index in [-0.39, 0.29) is 0 Å². The maximum Gasteiger partial charge on any atom is 0.274 e. The van der Waals surface area contributed by atoms with E-state index in [1.165, 1.54) is 11.4 Å². The minimum atomic E-state index is 0.866. The van der Waals surface area contributed by atoms with Crippen LogP contribution in [-0.4, -0.2) is 35.3 Å². The van der Waals surface area contributed by atoms with Crippen molar-refractivity contribution in [1.29, 1.82) is 0 Å². The molecular weight excluding hydrogens is 342 g/mol. The van der Waals surface area contributed by atoms with Crippen molar-refractivity contribution in [2.24, 2.45) is 0 Å². The van der Waals surface area contributed by atoms with Gasteiger partial charge in [0, 0.05) is 18.5 Å². The normalized spacial score (nSPS) is 15.3. The number of hydrogen-bond acceptors (Lipinski definition) is 2. The maximum absolute atomic E-state index is 5.73. The molecule has 1 saturated heterocycles. The number of piperazine rings is 1. The lowest BCUT2D eigenvalue weighted by Crippen LogP contribution is -3.14. The number of hydrogen-bond donors (Lipinski definition) is 1. The molecule has 1 aromatic carbocycles. The van der Waals surface area contributed by atoms with Crippen LogP contribution in [0.1, 0.15) is 5.56 Å². The zero-order valence-corrected chi connectivity index (χ0v) is 15.9. The SMILES string of the molecule is Cc1ccccc1-n1ccn(C[NH+]2CCN(c3cccc[nH+]3)CC2)c1=S. The van der Waals surface area contributed by atoms with Crippen LogP contribution in [0.5, 0.6) is 0 Å². The van der Waals surface area contributed by atoms with Crippen LogP contribution in [0, 0.1) is 11.7 Å². The Morgan fingerprint density at radius 1 is 1.04 bits per heavy atom. The van der Waals surface area contributed by atoms with Crippen molar-refractivity contribution >= 4 is 18.0 Å². The second kappa shape index (κ2) is 7.43. The summed E-state index contributed by atoms with van der Waals surface area (Å²) in [5, 5.41) is 0. The molecule has 3 heterocycles. The fourth-order valence-corrected chi connectivity index (χ4v) is 3.88. The minimum absolute atomic E-state index is 0.866. The van der Waals surface area contributed by atoms with Crippen LogP contribution in [0.15, 0.2) is 61.1 Å². The van der Waals surface area contributed by atoms with Gasteiger partial charge in [-0.2, -0.15) is 0 Å². The number of aryl methyl sites for hydroxylation is 1. The monoisotopic (exact) mass is 367 g/mol. The van der Waals surface area contributed by atoms with Crippen molar-refractivity contribution in [3.8, 4) is 5.69 Å². The van der Waals surface area contributed by atoms with Crippen molar-refractivity contribution in [2.45, 2.75) is 13.6 Å². The van der Waals surface area contributed by atoms with E-state index in [0.717, 1.165) is 43.3 Å². The summed E-state index contributed by atoms with van der Waals surface area (Å²) >= 11 is 5.73. The molecule has 0 atom stereocenters. The van der Waals surface area contributed by atoms with Crippen molar-refractivity contribution < 1.29 is 9.88 Å². The van der Waals surface area contributed by atoms with Crippen LogP contribution in [-0.2, 0) is 6.67 Å². The standard InChI is InChI=1S/C20H23N5S/c1-17-6-2-3-7-18(17)25-15-14-24(20(25)26)16-22-10-12-23(13-11-22)19-8-4-5-9-21-19/h2-9,14-15H,10-13,16H2,1H3/p+2. The average molecular weight is 368 g/mol. The molecule has 26 heavy (non-hydrogen) atoms. The Hall–Kier alpha value is -2.44. The van der Waals surface area contributed by atoms with Crippen molar-refractivity contribution in [1.82, 2.24) is 9.13 Å². The number of anilines is 1. The van der Waals surface area contributed by atoms with Crippen LogP contribution in [0.25, 0.3) is 5.69 Å². The Bertz CT molecular complexity index is 923. The summed E-state index contributed by atoms with van der Waals surface area (Å²) in [6, 6.07) is 14.6. The Labute approximate surface area is 159 Å². The highest BCUT2D eigenvalue weighted by molar-refractivity contribution is 7.71. The van der Waals surface area contributed by atoms with E-state index in [0.29, 0.717) is 0 Å². The van der Waals surface area contributed by atoms with E-state index in [9.17, 15) is 0 Å². The van der Waals surface area contributed by atoms with Crippen LogP contribution < -0.4 is 14.8 Å². The molecule has 2 aromatic heterocycles. The predicted molar refractivity (Wildman–Crippen MR) is 105 cm³/mol. The fourth-order valence-electron chi connectivity index (χ4n) is 3.59. The Balaban J connectivity index is 1.43. The molecule has 0 bridgehead atoms. The molecule has 2 N–H and O–H groups in total. The third-order valence-electron chi connectivity index (χ3n) is 5.12. The molecule has 0 spiro atoms. The third kappa shape index (κ3) is 3.43. The summed E-state index contributed by atoms with van der Waals surface area (Å²) in [5.41, 5.74) is 2.40. The molecule has 0 radical (unpaired) electrons. The van der Waals surface area contributed by atoms with Crippen LogP contribution in [0.4, 0.5) is 5.82 Å². The molecule has 3 aromatic rings. The number of para-hydroxylation sites is 1. The Morgan fingerprint density at radius 3 is 2.54 bits per heavy atom. The number of aromatic nitrogens is 3. The van der Waals surface area contributed by atoms with Gasteiger partial charge in [0.2, 0.25) is 0 Å². The van der Waals surface area contributed by atoms with Gasteiger partial charge >= 0.3 is 0 Å². The summed E-state index contributed by atoms with van der Waals surface area (Å²) in [4.78, 5) is 7.31. The maximum atomic E-state index is 5.73. The highest BCUT2D eigenvalue weighted by Crippen LogP contribution is 2.14. The number of benzene rings is 1. The van der Waals surface area contributed by atoms with Gasteiger partial charge in [-0.3, -0.25) is 14.0 Å². The molecule has 4 rings (SSSR count). The van der Waals surface area contributed by atoms with Gasteiger partial charge in [0.25, 0.3) is 5.82 Å². The number of nitrogens with zero attached hydrogens (tertiary/aromatic N) is 3. The van der Waals surface area contributed by atoms with Gasteiger partial charge in [-0.25, -0.2) is 4.98 Å². The lowest BCUT2D eigenvalue weighted by Gasteiger charge is -2.28. The van der Waals surface area contributed by atoms with Gasteiger partial charge in [-0.05, 0) is 36.8 Å². The number of aromatic amines is 1. The number of quaternary nitrogens is 1. The first kappa shape index (κ1) is 17.0. The zero-order valence-electron chi connectivity index (χ0n) is 15.1. The molecule has 0 amide bonds. The second-order valence-electron chi connectivity index (χ2n) is 6.85. The van der Waals surface area contributed by atoms with Gasteiger partial charge in [0.05, 0.1) is 11.9 Å². The summed E-state index contributed by atoms with van der Waals surface area (Å²) in [6.45, 7) is 7.38. The largest absolute Gasteiger partial charge is 0.311 e. The smallest absolute Gasteiger partial charge is 0.274 e. The molecule has 1 fully saturated rings. The van der Waals surface area contributed by atoms with E-state index in [2.05, 4.69) is 74.7 Å². The lowest BCUT2D eigenvalue weighted by molar-refractivity contribution is -0.923. The zero-order chi connectivity index (χ0) is 17.9. The highest BCUT2D eigenvalue weighted by atomic mass is 32.1. The Kier molecular flexibility index (Phi) is 4.86. The first-order valence-electron chi connectivity index (χ1n) is 9.11. The van der Waals surface area contributed by atoms with Crippen LogP contribution >= 0.6 is 12.2 Å². The van der Waals surface area contributed by atoms with Gasteiger partial charge in [-0.15, -0.1) is 0 Å². The number of imidazole rings is 1. The molecule has 1 aliphatic heterocycles. The Morgan fingerprint density at radius 2 is 1.81 bits per heavy atom. The summed E-state index contributed by atoms with van der Waals surface area (Å²) < 4.78 is 5.17. The van der Waals surface area contributed by atoms with Gasteiger partial charge in [-0.1, -0.05) is 24.3 Å². The quantitative estimate of drug-likeness (QED) is 0.709. The summed E-state index contributed by atoms with van der Waals surface area (Å²) in [5.74, 6) is 1.20. The van der Waals surface area contributed by atoms with E-state index >= 15 is 0 Å². The summed E-state index contributed by atoms with van der Waals surface area (Å²) in [7, 11) is 0. The van der Waals surface area contributed by atoms with Crippen LogP contribution in [0.3, 0.4) is 0 Å². The van der Waals surface area contributed by atoms with Gasteiger partial charge in [0.15, 0.2) is 11.4 Å². The number of H-pyrrole nitrogens is 1. The molecule has 0 aliphatic carbocycles. The average Bonchev–Trinajstić information content (AvgIpc) is 3.04. The third-order valence-corrected chi connectivity index (χ3v) is 5.55. The molecule has 134 valence electrons. The van der Waals surface area contributed by atoms with Gasteiger partial charge < -0.3 is 4.90 Å². The predicted octanol–water partition coefficient (Wildman–Crippen LogP) is 1.49. The van der Waals surface area contributed by atoms with E-state index < -0.39 is 0 Å². The first-order chi connectivity index (χ1) is 12.7. The van der Waals surface area contributed by atoms with Crippen molar-refractivity contribution in [3.63, 3.8) is 0 Å². The molecular formula is C20H25N5S+2. The topological polar surface area (TPSA) is 31.7 Å². The molecule has 5 nitrogen and oxygen atoms in total. The summed E-state index contributed by atoms with van der Waals surface area (Å²) in [6.07, 6.45) is 6.18. The van der Waals surface area contributed by atoms with Gasteiger partial charge in [0.1, 0.15) is 26.2 Å². The molecule has 6 heteroatoms. The van der Waals surface area contributed by atoms with Crippen molar-refractivity contribution in [3.05, 3.63) is 71.4 Å². The number of nitrogens with one attached hydrogen (secondary N) is 2. The highest BCUT2D eigenvalue weighted by Gasteiger charge is 2.26. The number of pyridine rings is 1. The fraction of sp³-hybridized carbons (Fsp3) is 0.300. The first-order valence-corrected chi connectivity index (χ1v) is 9.52. The van der Waals surface area contributed by atoms with Crippen LogP contribution in [0.2, 0.25) is 0 Å². The molecule has 1 aliphatic rings. The number of rotatable bonds is 4. The van der Waals surface area contributed by atoms with E-state index in [1.807, 2.05) is 12.3 Å².